The van der Waals surface area contributed by atoms with Crippen molar-refractivity contribution in [3.05, 3.63) is 60.2 Å². The number of halogens is 3. The molecule has 0 saturated heterocycles. The Kier molecular flexibility index (Phi) is 2.91. The molecule has 0 saturated carbocycles. The van der Waals surface area contributed by atoms with E-state index in [-0.39, 0.29) is 10.8 Å². The average Bonchev–Trinajstić information content (AvgIpc) is 2.54. The third-order valence-electron chi connectivity index (χ3n) is 4.28. The third-order valence-corrected chi connectivity index (χ3v) is 4.28. The Morgan fingerprint density at radius 1 is 0.667 bits per heavy atom. The van der Waals surface area contributed by atoms with Gasteiger partial charge in [0.1, 0.15) is 5.56 Å². The number of aromatic hydroxyl groups is 2. The molecule has 4 aromatic rings. The van der Waals surface area contributed by atoms with Gasteiger partial charge in [0.2, 0.25) is 0 Å². The zero-order valence-corrected chi connectivity index (χ0v) is 12.2. The van der Waals surface area contributed by atoms with Gasteiger partial charge in [0.05, 0.1) is 0 Å². The van der Waals surface area contributed by atoms with Gasteiger partial charge >= 0.3 is 6.18 Å². The van der Waals surface area contributed by atoms with Crippen molar-refractivity contribution >= 4 is 32.3 Å². The van der Waals surface area contributed by atoms with Crippen molar-refractivity contribution in [1.29, 1.82) is 0 Å². The highest BCUT2D eigenvalue weighted by molar-refractivity contribution is 6.18. The zero-order chi connectivity index (χ0) is 17.1. The standard InChI is InChI=1S/C19H11F3O2/c20-19(21,22)17-14-8-7-12-11-4-2-1-3-10(11)5-6-13(12)15(14)9-16(23)18(17)24/h1-9,23-24H. The van der Waals surface area contributed by atoms with Crippen molar-refractivity contribution < 1.29 is 23.4 Å². The molecular formula is C19H11F3O2. The maximum Gasteiger partial charge on any atom is 0.420 e. The number of alkyl halides is 3. The van der Waals surface area contributed by atoms with E-state index in [1.54, 1.807) is 12.1 Å². The second kappa shape index (κ2) is 4.77. The van der Waals surface area contributed by atoms with E-state index in [4.69, 9.17) is 0 Å². The van der Waals surface area contributed by atoms with Crippen LogP contribution in [0.5, 0.6) is 11.5 Å². The number of phenolic OH excluding ortho intramolecular Hbond substituents is 2. The number of phenols is 2. The molecule has 0 aliphatic heterocycles. The number of hydrogen-bond acceptors (Lipinski definition) is 2. The van der Waals surface area contributed by atoms with Crippen LogP contribution >= 0.6 is 0 Å². The molecule has 0 atom stereocenters. The van der Waals surface area contributed by atoms with E-state index in [1.165, 1.54) is 12.1 Å². The molecule has 0 fully saturated rings. The molecule has 4 rings (SSSR count). The highest BCUT2D eigenvalue weighted by atomic mass is 19.4. The molecular weight excluding hydrogens is 317 g/mol. The first-order valence-corrected chi connectivity index (χ1v) is 7.24. The second-order valence-corrected chi connectivity index (χ2v) is 5.66. The fourth-order valence-electron chi connectivity index (χ4n) is 3.23. The normalized spacial score (nSPS) is 12.3. The molecule has 0 spiro atoms. The van der Waals surface area contributed by atoms with E-state index in [9.17, 15) is 23.4 Å². The number of rotatable bonds is 0. The molecule has 0 aromatic heterocycles. The van der Waals surface area contributed by atoms with Crippen LogP contribution < -0.4 is 0 Å². The molecule has 0 bridgehead atoms. The van der Waals surface area contributed by atoms with Crippen LogP contribution in [0, 0.1) is 0 Å². The minimum Gasteiger partial charge on any atom is -0.504 e. The van der Waals surface area contributed by atoms with Gasteiger partial charge in [-0.2, -0.15) is 13.2 Å². The van der Waals surface area contributed by atoms with E-state index in [0.717, 1.165) is 16.2 Å². The summed E-state index contributed by atoms with van der Waals surface area (Å²) in [5.41, 5.74) is -1.22. The van der Waals surface area contributed by atoms with E-state index in [1.807, 2.05) is 30.3 Å². The molecule has 2 nitrogen and oxygen atoms in total. The van der Waals surface area contributed by atoms with Crippen molar-refractivity contribution in [2.45, 2.75) is 6.18 Å². The Balaban J connectivity index is 2.24. The van der Waals surface area contributed by atoms with Crippen LogP contribution in [0.1, 0.15) is 5.56 Å². The van der Waals surface area contributed by atoms with Crippen LogP contribution in [-0.2, 0) is 6.18 Å². The first kappa shape index (κ1) is 14.6. The largest absolute Gasteiger partial charge is 0.504 e. The van der Waals surface area contributed by atoms with Crippen molar-refractivity contribution in [2.24, 2.45) is 0 Å². The summed E-state index contributed by atoms with van der Waals surface area (Å²) in [6, 6.07) is 15.3. The van der Waals surface area contributed by atoms with Crippen molar-refractivity contribution in [2.75, 3.05) is 0 Å². The monoisotopic (exact) mass is 328 g/mol. The first-order valence-electron chi connectivity index (χ1n) is 7.24. The van der Waals surface area contributed by atoms with Crippen LogP contribution in [0.4, 0.5) is 13.2 Å². The SMILES string of the molecule is Oc1cc2c(ccc3c4ccccc4ccc23)c(C(F)(F)F)c1O. The van der Waals surface area contributed by atoms with Gasteiger partial charge in [0.25, 0.3) is 0 Å². The summed E-state index contributed by atoms with van der Waals surface area (Å²) in [5, 5.41) is 22.9. The molecule has 0 unspecified atom stereocenters. The van der Waals surface area contributed by atoms with Gasteiger partial charge in [-0.15, -0.1) is 0 Å². The van der Waals surface area contributed by atoms with Gasteiger partial charge in [-0.1, -0.05) is 48.5 Å². The smallest absolute Gasteiger partial charge is 0.420 e. The molecule has 0 aliphatic carbocycles. The van der Waals surface area contributed by atoms with Crippen LogP contribution in [0.15, 0.2) is 54.6 Å². The van der Waals surface area contributed by atoms with E-state index < -0.39 is 23.2 Å². The lowest BCUT2D eigenvalue weighted by molar-refractivity contribution is -0.137. The summed E-state index contributed by atoms with van der Waals surface area (Å²) in [4.78, 5) is 0. The summed E-state index contributed by atoms with van der Waals surface area (Å²) >= 11 is 0. The molecule has 0 heterocycles. The summed E-state index contributed by atoms with van der Waals surface area (Å²) in [6.07, 6.45) is -4.77. The van der Waals surface area contributed by atoms with E-state index >= 15 is 0 Å². The summed E-state index contributed by atoms with van der Waals surface area (Å²) < 4.78 is 40.0. The maximum atomic E-state index is 13.3. The lowest BCUT2D eigenvalue weighted by atomic mass is 9.94. The van der Waals surface area contributed by atoms with Gasteiger partial charge < -0.3 is 10.2 Å². The molecule has 2 N–H and O–H groups in total. The van der Waals surface area contributed by atoms with E-state index in [0.29, 0.717) is 5.39 Å². The topological polar surface area (TPSA) is 40.5 Å². The number of fused-ring (bicyclic) bond motifs is 5. The Morgan fingerprint density at radius 2 is 1.29 bits per heavy atom. The van der Waals surface area contributed by atoms with Gasteiger partial charge in [0.15, 0.2) is 11.5 Å². The molecule has 0 aliphatic rings. The fraction of sp³-hybridized carbons (Fsp3) is 0.0526. The first-order chi connectivity index (χ1) is 11.4. The molecule has 24 heavy (non-hydrogen) atoms. The van der Waals surface area contributed by atoms with E-state index in [2.05, 4.69) is 0 Å². The number of benzene rings is 4. The lowest BCUT2D eigenvalue weighted by Gasteiger charge is -2.15. The molecule has 5 heteroatoms. The van der Waals surface area contributed by atoms with Gasteiger partial charge in [-0.3, -0.25) is 0 Å². The predicted molar refractivity (Wildman–Crippen MR) is 87.3 cm³/mol. The Hall–Kier alpha value is -2.95. The van der Waals surface area contributed by atoms with Crippen molar-refractivity contribution in [3.8, 4) is 11.5 Å². The molecule has 4 aromatic carbocycles. The maximum absolute atomic E-state index is 13.3. The minimum atomic E-state index is -4.77. The summed E-state index contributed by atoms with van der Waals surface area (Å²) in [6.45, 7) is 0. The average molecular weight is 328 g/mol. The highest BCUT2D eigenvalue weighted by Crippen LogP contribution is 2.47. The third kappa shape index (κ3) is 1.98. The molecule has 0 radical (unpaired) electrons. The van der Waals surface area contributed by atoms with Crippen LogP contribution in [-0.4, -0.2) is 10.2 Å². The van der Waals surface area contributed by atoms with Gasteiger partial charge in [-0.05, 0) is 38.4 Å². The molecule has 120 valence electrons. The Labute approximate surface area is 134 Å². The minimum absolute atomic E-state index is 0.138. The van der Waals surface area contributed by atoms with Gasteiger partial charge in [-0.25, -0.2) is 0 Å². The quantitative estimate of drug-likeness (QED) is 0.327. The predicted octanol–water partition coefficient (Wildman–Crippen LogP) is 5.58. The highest BCUT2D eigenvalue weighted by Gasteiger charge is 2.37. The summed E-state index contributed by atoms with van der Waals surface area (Å²) in [7, 11) is 0. The number of hydrogen-bond donors (Lipinski definition) is 2. The van der Waals surface area contributed by atoms with Crippen LogP contribution in [0.2, 0.25) is 0 Å². The Bertz CT molecular complexity index is 1110. The van der Waals surface area contributed by atoms with Crippen molar-refractivity contribution in [3.63, 3.8) is 0 Å². The van der Waals surface area contributed by atoms with Gasteiger partial charge in [0, 0.05) is 0 Å². The Morgan fingerprint density at radius 3 is 2.04 bits per heavy atom. The summed E-state index contributed by atoms with van der Waals surface area (Å²) in [5.74, 6) is -1.93. The second-order valence-electron chi connectivity index (χ2n) is 5.66. The fourth-order valence-corrected chi connectivity index (χ4v) is 3.23. The van der Waals surface area contributed by atoms with Crippen LogP contribution in [0.25, 0.3) is 32.3 Å². The zero-order valence-electron chi connectivity index (χ0n) is 12.2. The van der Waals surface area contributed by atoms with Crippen molar-refractivity contribution in [1.82, 2.24) is 0 Å². The van der Waals surface area contributed by atoms with Crippen LogP contribution in [0.3, 0.4) is 0 Å². The molecule has 0 amide bonds. The lowest BCUT2D eigenvalue weighted by Crippen LogP contribution is -2.06.